The third kappa shape index (κ3) is 5.57. The maximum absolute atomic E-state index is 15.9. The fourth-order valence-corrected chi connectivity index (χ4v) is 6.51. The number of benzene rings is 1. The van der Waals surface area contributed by atoms with Crippen molar-refractivity contribution in [3.05, 3.63) is 82.0 Å². The Bertz CT molecular complexity index is 2000. The van der Waals surface area contributed by atoms with Crippen molar-refractivity contribution in [1.29, 1.82) is 0 Å². The normalized spacial score (nSPS) is 15.7. The van der Waals surface area contributed by atoms with Crippen molar-refractivity contribution in [2.75, 3.05) is 30.8 Å². The highest BCUT2D eigenvalue weighted by Crippen LogP contribution is 2.36. The van der Waals surface area contributed by atoms with E-state index in [1.807, 2.05) is 6.92 Å². The van der Waals surface area contributed by atoms with E-state index in [4.69, 9.17) is 11.6 Å². The van der Waals surface area contributed by atoms with Gasteiger partial charge in [-0.1, -0.05) is 32.0 Å². The average molecular weight is 643 g/mol. The molecule has 0 N–H and O–H groups in total. The fraction of sp³-hybridized carbons (Fsp3) is 0.300. The van der Waals surface area contributed by atoms with Crippen LogP contribution in [-0.4, -0.2) is 70.7 Å². The van der Waals surface area contributed by atoms with E-state index in [0.717, 1.165) is 29.0 Å². The number of piperazine rings is 1. The third-order valence-corrected chi connectivity index (χ3v) is 8.90. The van der Waals surface area contributed by atoms with Gasteiger partial charge < -0.3 is 9.80 Å². The molecule has 0 unspecified atom stereocenters. The molecule has 14 heteroatoms. The first-order valence-corrected chi connectivity index (χ1v) is 16.0. The topological polar surface area (TPSA) is 118 Å². The largest absolute Gasteiger partial charge is 0.355 e. The van der Waals surface area contributed by atoms with E-state index < -0.39 is 27.2 Å². The number of carbonyl (C=O) groups is 1. The summed E-state index contributed by atoms with van der Waals surface area (Å²) in [7, 11) is -3.91. The van der Waals surface area contributed by atoms with Crippen molar-refractivity contribution in [2.24, 2.45) is 0 Å². The summed E-state index contributed by atoms with van der Waals surface area (Å²) in [6.07, 6.45) is 3.57. The highest BCUT2D eigenvalue weighted by atomic mass is 35.5. The lowest BCUT2D eigenvalue weighted by atomic mass is 10.1. The Balaban J connectivity index is 1.88. The highest BCUT2D eigenvalue weighted by Gasteiger charge is 2.31. The molecule has 4 aromatic rings. The molecular formula is C30H29ClF2N6O4S. The molecule has 1 amide bonds. The smallest absolute Gasteiger partial charge is 0.350 e. The van der Waals surface area contributed by atoms with E-state index in [0.29, 0.717) is 6.54 Å². The second-order valence-electron chi connectivity index (χ2n) is 10.9. The number of hydrogen-bond donors (Lipinski definition) is 0. The van der Waals surface area contributed by atoms with Crippen molar-refractivity contribution in [2.45, 2.75) is 37.6 Å². The van der Waals surface area contributed by atoms with Gasteiger partial charge in [0.15, 0.2) is 15.5 Å². The van der Waals surface area contributed by atoms with Crippen LogP contribution in [0.15, 0.2) is 58.9 Å². The van der Waals surface area contributed by atoms with Gasteiger partial charge in [0.05, 0.1) is 26.7 Å². The molecule has 1 aliphatic heterocycles. The number of anilines is 1. The van der Waals surface area contributed by atoms with Crippen molar-refractivity contribution >= 4 is 44.2 Å². The van der Waals surface area contributed by atoms with Crippen LogP contribution in [-0.2, 0) is 14.6 Å². The Hall–Kier alpha value is -4.23. The molecule has 3 aromatic heterocycles. The molecule has 0 aliphatic carbocycles. The van der Waals surface area contributed by atoms with Crippen LogP contribution in [0.2, 0.25) is 5.02 Å². The molecule has 1 fully saturated rings. The summed E-state index contributed by atoms with van der Waals surface area (Å²) >= 11 is 6.29. The zero-order valence-electron chi connectivity index (χ0n) is 24.4. The Kier molecular flexibility index (Phi) is 8.29. The number of sulfone groups is 1. The van der Waals surface area contributed by atoms with E-state index >= 15 is 4.39 Å². The number of hydrogen-bond acceptors (Lipinski definition) is 8. The van der Waals surface area contributed by atoms with Crippen LogP contribution in [0, 0.1) is 11.6 Å². The molecule has 1 atom stereocenters. The first-order valence-electron chi connectivity index (χ1n) is 13.7. The molecule has 0 saturated carbocycles. The number of halogens is 3. The van der Waals surface area contributed by atoms with Gasteiger partial charge in [-0.3, -0.25) is 9.78 Å². The number of aromatic nitrogens is 4. The van der Waals surface area contributed by atoms with Crippen molar-refractivity contribution in [1.82, 2.24) is 24.4 Å². The maximum Gasteiger partial charge on any atom is 0.355 e. The maximum atomic E-state index is 15.9. The minimum absolute atomic E-state index is 0.0521. The Labute approximate surface area is 257 Å². The van der Waals surface area contributed by atoms with Crippen LogP contribution in [0.1, 0.15) is 32.4 Å². The molecule has 10 nitrogen and oxygen atoms in total. The molecule has 0 radical (unpaired) electrons. The summed E-state index contributed by atoms with van der Waals surface area (Å²) in [5, 5.41) is -0.00549. The van der Waals surface area contributed by atoms with E-state index in [1.54, 1.807) is 23.6 Å². The van der Waals surface area contributed by atoms with Crippen LogP contribution in [0.3, 0.4) is 0 Å². The Morgan fingerprint density at radius 3 is 2.50 bits per heavy atom. The van der Waals surface area contributed by atoms with Gasteiger partial charge in [0.1, 0.15) is 23.1 Å². The second kappa shape index (κ2) is 11.7. The SMILES string of the molecule is C=CC(=O)N1CCN(c2nc(=O)n(-c3c(S(C)(=O)=O)ccnc3C(C)C)c3nc(-c4ccc(F)cc4Cl)c(F)cc23)[C@@H](C)C1. The van der Waals surface area contributed by atoms with E-state index in [9.17, 15) is 22.4 Å². The van der Waals surface area contributed by atoms with Gasteiger partial charge in [0, 0.05) is 43.7 Å². The zero-order valence-corrected chi connectivity index (χ0v) is 26.0. The zero-order chi connectivity index (χ0) is 32.1. The molecule has 0 bridgehead atoms. The standard InChI is InChI=1S/C30H29ClF2N6O4S/c1-6-24(40)37-11-12-38(17(4)15-37)28-20-14-22(33)26(19-8-7-18(32)13-21(19)31)35-29(20)39(30(41)36-28)27-23(44(5,42)43)9-10-34-25(27)16(2)3/h6-10,13-14,16-17H,1,11-12,15H2,2-5H3/t17-/m0/s1. The number of nitrogens with zero attached hydrogens (tertiary/aromatic N) is 6. The minimum atomic E-state index is -3.91. The molecule has 0 spiro atoms. The van der Waals surface area contributed by atoms with Crippen molar-refractivity contribution in [3.8, 4) is 16.9 Å². The van der Waals surface area contributed by atoms with Gasteiger partial charge >= 0.3 is 5.69 Å². The minimum Gasteiger partial charge on any atom is -0.350 e. The lowest BCUT2D eigenvalue weighted by Crippen LogP contribution is -2.54. The number of rotatable bonds is 6. The number of carbonyl (C=O) groups excluding carboxylic acids is 1. The van der Waals surface area contributed by atoms with Crippen LogP contribution >= 0.6 is 11.6 Å². The van der Waals surface area contributed by atoms with E-state index in [-0.39, 0.29) is 80.4 Å². The Morgan fingerprint density at radius 2 is 1.89 bits per heavy atom. The van der Waals surface area contributed by atoms with Gasteiger partial charge in [-0.25, -0.2) is 31.5 Å². The first kappa shape index (κ1) is 31.2. The molecule has 5 rings (SSSR count). The summed E-state index contributed by atoms with van der Waals surface area (Å²) in [6.45, 7) is 9.78. The third-order valence-electron chi connectivity index (χ3n) is 7.46. The summed E-state index contributed by atoms with van der Waals surface area (Å²) in [5.74, 6) is -1.94. The lowest BCUT2D eigenvalue weighted by molar-refractivity contribution is -0.126. The van der Waals surface area contributed by atoms with Crippen molar-refractivity contribution in [3.63, 3.8) is 0 Å². The number of pyridine rings is 2. The molecule has 1 aromatic carbocycles. The lowest BCUT2D eigenvalue weighted by Gasteiger charge is -2.40. The van der Waals surface area contributed by atoms with Gasteiger partial charge in [0.2, 0.25) is 5.91 Å². The number of fused-ring (bicyclic) bond motifs is 1. The van der Waals surface area contributed by atoms with Crippen LogP contribution in [0.25, 0.3) is 28.0 Å². The molecule has 1 saturated heterocycles. The monoisotopic (exact) mass is 642 g/mol. The van der Waals surface area contributed by atoms with Gasteiger partial charge in [-0.05, 0) is 49.2 Å². The summed E-state index contributed by atoms with van der Waals surface area (Å²) in [4.78, 5) is 42.8. The average Bonchev–Trinajstić information content (AvgIpc) is 2.96. The van der Waals surface area contributed by atoms with Crippen LogP contribution in [0.4, 0.5) is 14.6 Å². The molecule has 230 valence electrons. The van der Waals surface area contributed by atoms with Crippen molar-refractivity contribution < 1.29 is 22.0 Å². The second-order valence-corrected chi connectivity index (χ2v) is 13.3. The molecular weight excluding hydrogens is 614 g/mol. The summed E-state index contributed by atoms with van der Waals surface area (Å²) in [5.41, 5.74) is -0.966. The molecule has 1 aliphatic rings. The van der Waals surface area contributed by atoms with Crippen LogP contribution < -0.4 is 10.6 Å². The summed E-state index contributed by atoms with van der Waals surface area (Å²) < 4.78 is 56.8. The predicted molar refractivity (Wildman–Crippen MR) is 164 cm³/mol. The fourth-order valence-electron chi connectivity index (χ4n) is 5.40. The van der Waals surface area contributed by atoms with Gasteiger partial charge in [0.25, 0.3) is 0 Å². The predicted octanol–water partition coefficient (Wildman–Crippen LogP) is 4.52. The molecule has 44 heavy (non-hydrogen) atoms. The number of amides is 1. The van der Waals surface area contributed by atoms with Crippen LogP contribution in [0.5, 0.6) is 0 Å². The Morgan fingerprint density at radius 1 is 1.16 bits per heavy atom. The van der Waals surface area contributed by atoms with Gasteiger partial charge in [-0.15, -0.1) is 0 Å². The summed E-state index contributed by atoms with van der Waals surface area (Å²) in [6, 6.07) is 5.46. The first-order chi connectivity index (χ1) is 20.7. The van der Waals surface area contributed by atoms with Gasteiger partial charge in [-0.2, -0.15) is 4.98 Å². The van der Waals surface area contributed by atoms with E-state index in [1.165, 1.54) is 24.4 Å². The molecule has 4 heterocycles. The van der Waals surface area contributed by atoms with E-state index in [2.05, 4.69) is 21.5 Å². The highest BCUT2D eigenvalue weighted by molar-refractivity contribution is 7.90. The quantitative estimate of drug-likeness (QED) is 0.282.